The molecule has 0 amide bonds. The van der Waals surface area contributed by atoms with Crippen molar-refractivity contribution in [3.63, 3.8) is 0 Å². The van der Waals surface area contributed by atoms with Gasteiger partial charge in [-0.25, -0.2) is 8.42 Å². The van der Waals surface area contributed by atoms with Gasteiger partial charge >= 0.3 is 0 Å². The van der Waals surface area contributed by atoms with Gasteiger partial charge in [0.1, 0.15) is 0 Å². The van der Waals surface area contributed by atoms with Gasteiger partial charge in [-0.15, -0.1) is 24.0 Å². The Kier molecular flexibility index (Phi) is 9.88. The molecule has 1 heterocycles. The summed E-state index contributed by atoms with van der Waals surface area (Å²) in [4.78, 5) is 9.02. The molecule has 1 fully saturated rings. The molecule has 0 bridgehead atoms. The summed E-state index contributed by atoms with van der Waals surface area (Å²) in [6.07, 6.45) is 0. The van der Waals surface area contributed by atoms with Gasteiger partial charge in [-0.3, -0.25) is 9.89 Å². The lowest BCUT2D eigenvalue weighted by Crippen LogP contribution is -2.42. The molecular formula is C18H31IN4O2S. The van der Waals surface area contributed by atoms with Gasteiger partial charge < -0.3 is 10.2 Å². The standard InChI is InChI=1S/C18H30N4O2S.HI/c1-4-19-18(21(3)15-17-8-6-5-7-16(17)2)20-9-10-22-11-13-25(23,24)14-12-22;/h5-8H,4,9-15H2,1-3H3,(H,19,20);1H. The first kappa shape index (κ1) is 23.2. The van der Waals surface area contributed by atoms with Gasteiger partial charge in [-0.2, -0.15) is 0 Å². The van der Waals surface area contributed by atoms with Crippen LogP contribution in [0.1, 0.15) is 18.1 Å². The smallest absolute Gasteiger partial charge is 0.194 e. The highest BCUT2D eigenvalue weighted by molar-refractivity contribution is 14.0. The molecule has 1 aromatic rings. The van der Waals surface area contributed by atoms with Gasteiger partial charge in [0.25, 0.3) is 0 Å². The highest BCUT2D eigenvalue weighted by Crippen LogP contribution is 2.09. The van der Waals surface area contributed by atoms with Crippen LogP contribution >= 0.6 is 24.0 Å². The summed E-state index contributed by atoms with van der Waals surface area (Å²) in [5.74, 6) is 1.42. The monoisotopic (exact) mass is 494 g/mol. The average molecular weight is 494 g/mol. The van der Waals surface area contributed by atoms with Crippen LogP contribution in [-0.2, 0) is 16.4 Å². The molecule has 0 aromatic heterocycles. The Morgan fingerprint density at radius 3 is 2.54 bits per heavy atom. The highest BCUT2D eigenvalue weighted by Gasteiger charge is 2.20. The van der Waals surface area contributed by atoms with E-state index in [2.05, 4.69) is 53.2 Å². The third kappa shape index (κ3) is 7.40. The molecule has 0 atom stereocenters. The largest absolute Gasteiger partial charge is 0.357 e. The maximum absolute atomic E-state index is 11.5. The van der Waals surface area contributed by atoms with Crippen LogP contribution in [0.5, 0.6) is 0 Å². The second kappa shape index (κ2) is 11.1. The normalized spacial score (nSPS) is 17.4. The minimum Gasteiger partial charge on any atom is -0.357 e. The SMILES string of the molecule is CCNC(=NCCN1CCS(=O)(=O)CC1)N(C)Cc1ccccc1C.I. The third-order valence-electron chi connectivity index (χ3n) is 4.48. The number of nitrogens with zero attached hydrogens (tertiary/aromatic N) is 3. The van der Waals surface area contributed by atoms with E-state index in [0.29, 0.717) is 19.6 Å². The van der Waals surface area contributed by atoms with Crippen molar-refractivity contribution in [3.8, 4) is 0 Å². The number of aryl methyl sites for hydroxylation is 1. The molecule has 1 N–H and O–H groups in total. The first-order chi connectivity index (χ1) is 11.9. The first-order valence-electron chi connectivity index (χ1n) is 8.88. The molecule has 26 heavy (non-hydrogen) atoms. The van der Waals surface area contributed by atoms with E-state index in [9.17, 15) is 8.42 Å². The predicted octanol–water partition coefficient (Wildman–Crippen LogP) is 1.74. The van der Waals surface area contributed by atoms with E-state index < -0.39 is 9.84 Å². The molecule has 0 saturated carbocycles. The fourth-order valence-corrected chi connectivity index (χ4v) is 4.14. The second-order valence-electron chi connectivity index (χ2n) is 6.51. The van der Waals surface area contributed by atoms with Crippen LogP contribution < -0.4 is 5.32 Å². The molecule has 6 nitrogen and oxygen atoms in total. The number of hydrogen-bond donors (Lipinski definition) is 1. The van der Waals surface area contributed by atoms with Crippen molar-refractivity contribution in [2.24, 2.45) is 4.99 Å². The van der Waals surface area contributed by atoms with E-state index in [4.69, 9.17) is 4.99 Å². The van der Waals surface area contributed by atoms with E-state index in [0.717, 1.165) is 25.6 Å². The van der Waals surface area contributed by atoms with Gasteiger partial charge in [0.15, 0.2) is 15.8 Å². The van der Waals surface area contributed by atoms with Gasteiger partial charge in [-0.05, 0) is 25.0 Å². The Morgan fingerprint density at radius 2 is 1.92 bits per heavy atom. The zero-order valence-corrected chi connectivity index (χ0v) is 19.1. The predicted molar refractivity (Wildman–Crippen MR) is 119 cm³/mol. The Morgan fingerprint density at radius 1 is 1.27 bits per heavy atom. The lowest BCUT2D eigenvalue weighted by Gasteiger charge is -2.26. The van der Waals surface area contributed by atoms with E-state index in [1.165, 1.54) is 11.1 Å². The second-order valence-corrected chi connectivity index (χ2v) is 8.82. The molecule has 0 spiro atoms. The van der Waals surface area contributed by atoms with Gasteiger partial charge in [0.05, 0.1) is 18.1 Å². The maximum atomic E-state index is 11.5. The number of rotatable bonds is 6. The van der Waals surface area contributed by atoms with Crippen LogP contribution in [0.15, 0.2) is 29.3 Å². The van der Waals surface area contributed by atoms with Crippen molar-refractivity contribution in [2.45, 2.75) is 20.4 Å². The summed E-state index contributed by atoms with van der Waals surface area (Å²) in [5, 5.41) is 3.33. The summed E-state index contributed by atoms with van der Waals surface area (Å²) in [7, 11) is -0.773. The molecule has 0 radical (unpaired) electrons. The maximum Gasteiger partial charge on any atom is 0.194 e. The zero-order chi connectivity index (χ0) is 18.3. The highest BCUT2D eigenvalue weighted by atomic mass is 127. The Balaban J connectivity index is 0.00000338. The summed E-state index contributed by atoms with van der Waals surface area (Å²) >= 11 is 0. The van der Waals surface area contributed by atoms with Gasteiger partial charge in [-0.1, -0.05) is 24.3 Å². The molecule has 1 aromatic carbocycles. The van der Waals surface area contributed by atoms with Gasteiger partial charge in [0.2, 0.25) is 0 Å². The Labute approximate surface area is 175 Å². The van der Waals surface area contributed by atoms with Crippen molar-refractivity contribution in [1.29, 1.82) is 0 Å². The molecule has 148 valence electrons. The molecule has 1 aliphatic rings. The van der Waals surface area contributed by atoms with Crippen LogP contribution in [-0.4, -0.2) is 75.5 Å². The molecule has 0 aliphatic carbocycles. The number of halogens is 1. The van der Waals surface area contributed by atoms with Crippen LogP contribution in [0.3, 0.4) is 0 Å². The molecular weight excluding hydrogens is 463 g/mol. The Bertz CT molecular complexity index is 680. The van der Waals surface area contributed by atoms with Gasteiger partial charge in [0, 0.05) is 39.8 Å². The lowest BCUT2D eigenvalue weighted by molar-refractivity contribution is 0.303. The summed E-state index contributed by atoms with van der Waals surface area (Å²) < 4.78 is 23.0. The van der Waals surface area contributed by atoms with Crippen molar-refractivity contribution >= 4 is 39.8 Å². The minimum absolute atomic E-state index is 0. The van der Waals surface area contributed by atoms with Crippen molar-refractivity contribution in [1.82, 2.24) is 15.1 Å². The zero-order valence-electron chi connectivity index (χ0n) is 15.9. The van der Waals surface area contributed by atoms with Crippen LogP contribution in [0.25, 0.3) is 0 Å². The quantitative estimate of drug-likeness (QED) is 0.371. The number of hydrogen-bond acceptors (Lipinski definition) is 4. The summed E-state index contributed by atoms with van der Waals surface area (Å²) in [6, 6.07) is 8.38. The molecule has 2 rings (SSSR count). The molecule has 1 saturated heterocycles. The fourth-order valence-electron chi connectivity index (χ4n) is 2.86. The molecule has 8 heteroatoms. The molecule has 0 unspecified atom stereocenters. The van der Waals surface area contributed by atoms with E-state index >= 15 is 0 Å². The van der Waals surface area contributed by atoms with Crippen LogP contribution in [0.4, 0.5) is 0 Å². The Hall–Kier alpha value is -0.870. The van der Waals surface area contributed by atoms with E-state index in [-0.39, 0.29) is 35.5 Å². The number of sulfone groups is 1. The van der Waals surface area contributed by atoms with Crippen molar-refractivity contribution in [3.05, 3.63) is 35.4 Å². The van der Waals surface area contributed by atoms with Crippen molar-refractivity contribution in [2.75, 3.05) is 51.3 Å². The number of benzene rings is 1. The number of guanidine groups is 1. The summed E-state index contributed by atoms with van der Waals surface area (Å²) in [5.41, 5.74) is 2.57. The summed E-state index contributed by atoms with van der Waals surface area (Å²) in [6.45, 7) is 8.51. The lowest BCUT2D eigenvalue weighted by atomic mass is 10.1. The van der Waals surface area contributed by atoms with E-state index in [1.54, 1.807) is 0 Å². The third-order valence-corrected chi connectivity index (χ3v) is 6.09. The number of aliphatic imine (C=N–C) groups is 1. The number of nitrogens with one attached hydrogen (secondary N) is 1. The van der Waals surface area contributed by atoms with E-state index in [1.807, 2.05) is 7.05 Å². The van der Waals surface area contributed by atoms with Crippen molar-refractivity contribution < 1.29 is 8.42 Å². The van der Waals surface area contributed by atoms with Crippen LogP contribution in [0, 0.1) is 6.92 Å². The topological polar surface area (TPSA) is 65.0 Å². The minimum atomic E-state index is -2.82. The average Bonchev–Trinajstić information content (AvgIpc) is 2.57. The first-order valence-corrected chi connectivity index (χ1v) is 10.7. The van der Waals surface area contributed by atoms with Crippen LogP contribution in [0.2, 0.25) is 0 Å². The molecule has 1 aliphatic heterocycles. The fraction of sp³-hybridized carbons (Fsp3) is 0.611.